The Balaban J connectivity index is 0.000000856. The second-order valence-electron chi connectivity index (χ2n) is 8.01. The fourth-order valence-electron chi connectivity index (χ4n) is 2.99. The average Bonchev–Trinajstić information content (AvgIpc) is 2.84. The number of carboxylic acids is 1. The third-order valence-corrected chi connectivity index (χ3v) is 4.96. The number of benzene rings is 1. The van der Waals surface area contributed by atoms with Crippen LogP contribution in [0.4, 0.5) is 18.0 Å². The van der Waals surface area contributed by atoms with Crippen molar-refractivity contribution in [3.8, 4) is 11.5 Å². The molecule has 1 unspecified atom stereocenters. The molecule has 3 N–H and O–H groups in total. The Morgan fingerprint density at radius 3 is 2.27 bits per heavy atom. The molecule has 14 heteroatoms. The zero-order valence-corrected chi connectivity index (χ0v) is 20.9. The third kappa shape index (κ3) is 11.6. The summed E-state index contributed by atoms with van der Waals surface area (Å²) in [5.41, 5.74) is 5.58. The summed E-state index contributed by atoms with van der Waals surface area (Å²) in [6, 6.07) is 7.38. The van der Waals surface area contributed by atoms with Gasteiger partial charge in [-0.25, -0.2) is 9.59 Å². The van der Waals surface area contributed by atoms with E-state index in [1.807, 2.05) is 45.0 Å². The lowest BCUT2D eigenvalue weighted by Gasteiger charge is -2.32. The van der Waals surface area contributed by atoms with Gasteiger partial charge in [-0.3, -0.25) is 4.79 Å². The van der Waals surface area contributed by atoms with Gasteiger partial charge in [0.1, 0.15) is 12.7 Å². The maximum absolute atomic E-state index is 12.3. The highest BCUT2D eigenvalue weighted by Gasteiger charge is 2.38. The second kappa shape index (κ2) is 15.8. The molecule has 1 aromatic rings. The summed E-state index contributed by atoms with van der Waals surface area (Å²) in [6.07, 6.45) is -5.97. The molecule has 37 heavy (non-hydrogen) atoms. The van der Waals surface area contributed by atoms with Gasteiger partial charge in [0, 0.05) is 13.1 Å². The van der Waals surface area contributed by atoms with Gasteiger partial charge >= 0.3 is 24.2 Å². The number of nitrogens with two attached hydrogens (primary N) is 1. The van der Waals surface area contributed by atoms with E-state index in [-0.39, 0.29) is 25.2 Å². The van der Waals surface area contributed by atoms with Gasteiger partial charge in [0.15, 0.2) is 11.5 Å². The topological polar surface area (TPSA) is 147 Å². The molecule has 1 aliphatic rings. The molecule has 1 aliphatic heterocycles. The fraction of sp³-hybridized carbons (Fsp3) is 0.609. The number of amides is 1. The van der Waals surface area contributed by atoms with Gasteiger partial charge < -0.3 is 39.4 Å². The van der Waals surface area contributed by atoms with Gasteiger partial charge in [0.25, 0.3) is 0 Å². The van der Waals surface area contributed by atoms with Gasteiger partial charge in [-0.15, -0.1) is 0 Å². The van der Waals surface area contributed by atoms with Crippen LogP contribution in [0.2, 0.25) is 0 Å². The Hall–Kier alpha value is -3.26. The summed E-state index contributed by atoms with van der Waals surface area (Å²) in [4.78, 5) is 34.6. The molecular formula is C23H33F3N2O9. The van der Waals surface area contributed by atoms with E-state index >= 15 is 0 Å². The Morgan fingerprint density at radius 1 is 1.16 bits per heavy atom. The number of nitrogens with zero attached hydrogens (tertiary/aromatic N) is 1. The lowest BCUT2D eigenvalue weighted by Crippen LogP contribution is -2.48. The van der Waals surface area contributed by atoms with Crippen LogP contribution in [-0.2, 0) is 23.8 Å². The molecule has 11 nitrogen and oxygen atoms in total. The van der Waals surface area contributed by atoms with Crippen molar-refractivity contribution in [3.63, 3.8) is 0 Å². The second-order valence-corrected chi connectivity index (χ2v) is 8.01. The molecular weight excluding hydrogens is 505 g/mol. The highest BCUT2D eigenvalue weighted by Crippen LogP contribution is 2.26. The van der Waals surface area contributed by atoms with Crippen molar-refractivity contribution in [2.45, 2.75) is 33.1 Å². The van der Waals surface area contributed by atoms with E-state index in [4.69, 9.17) is 39.3 Å². The van der Waals surface area contributed by atoms with Gasteiger partial charge in [0.2, 0.25) is 6.79 Å². The lowest BCUT2D eigenvalue weighted by molar-refractivity contribution is -0.192. The molecule has 0 spiro atoms. The van der Waals surface area contributed by atoms with Crippen molar-refractivity contribution in [3.05, 3.63) is 24.3 Å². The Morgan fingerprint density at radius 2 is 1.76 bits per heavy atom. The zero-order valence-electron chi connectivity index (χ0n) is 20.9. The van der Waals surface area contributed by atoms with Crippen molar-refractivity contribution in [1.29, 1.82) is 0 Å². The number of hydrogen-bond donors (Lipinski definition) is 2. The Bertz CT molecular complexity index is 868. The number of alkyl halides is 3. The van der Waals surface area contributed by atoms with Crippen LogP contribution in [0.25, 0.3) is 0 Å². The standard InChI is InChI=1S/C21H32N2O7.C2HF3O2/c1-4-26-18-7-5-6-8-19(18)28-13-16-12-23(9-10-27-16)21(25)30-14-29-20(24)17(11-22)15(2)3;3-2(4,5)1(6)7/h5-8,15-17H,4,9-14,22H2,1-3H3;(H,6,7)/t16?,17-;/m0./s1. The van der Waals surface area contributed by atoms with Crippen LogP contribution < -0.4 is 15.2 Å². The van der Waals surface area contributed by atoms with E-state index in [0.717, 1.165) is 0 Å². The van der Waals surface area contributed by atoms with Crippen LogP contribution in [0.3, 0.4) is 0 Å². The van der Waals surface area contributed by atoms with Crippen LogP contribution in [0.1, 0.15) is 20.8 Å². The predicted molar refractivity (Wildman–Crippen MR) is 123 cm³/mol. The number of rotatable bonds is 10. The number of carbonyl (C=O) groups is 3. The summed E-state index contributed by atoms with van der Waals surface area (Å²) in [5, 5.41) is 7.12. The van der Waals surface area contributed by atoms with Crippen molar-refractivity contribution < 1.29 is 56.3 Å². The van der Waals surface area contributed by atoms with Crippen molar-refractivity contribution in [2.24, 2.45) is 17.6 Å². The molecule has 0 aromatic heterocycles. The smallest absolute Gasteiger partial charge is 0.490 e. The lowest BCUT2D eigenvalue weighted by atomic mass is 9.96. The van der Waals surface area contributed by atoms with Gasteiger partial charge in [-0.05, 0) is 25.0 Å². The summed E-state index contributed by atoms with van der Waals surface area (Å²) in [7, 11) is 0. The normalized spacial score (nSPS) is 16.2. The highest BCUT2D eigenvalue weighted by atomic mass is 19.4. The largest absolute Gasteiger partial charge is 0.490 e. The summed E-state index contributed by atoms with van der Waals surface area (Å²) >= 11 is 0. The molecule has 2 rings (SSSR count). The maximum Gasteiger partial charge on any atom is 0.490 e. The first-order valence-corrected chi connectivity index (χ1v) is 11.4. The quantitative estimate of drug-likeness (QED) is 0.337. The van der Waals surface area contributed by atoms with Gasteiger partial charge in [-0.2, -0.15) is 13.2 Å². The van der Waals surface area contributed by atoms with Crippen molar-refractivity contribution >= 4 is 18.0 Å². The minimum Gasteiger partial charge on any atom is -0.490 e. The van der Waals surface area contributed by atoms with Crippen molar-refractivity contribution in [2.75, 3.05) is 46.2 Å². The molecule has 1 amide bonds. The first kappa shape index (κ1) is 31.8. The molecule has 0 saturated carbocycles. The Kier molecular flexibility index (Phi) is 13.5. The molecule has 0 aliphatic carbocycles. The predicted octanol–water partition coefficient (Wildman–Crippen LogP) is 2.67. The van der Waals surface area contributed by atoms with Crippen LogP contribution in [0, 0.1) is 11.8 Å². The van der Waals surface area contributed by atoms with E-state index in [1.54, 1.807) is 0 Å². The van der Waals surface area contributed by atoms with Gasteiger partial charge in [-0.1, -0.05) is 26.0 Å². The minimum atomic E-state index is -5.08. The molecule has 2 atom stereocenters. The van der Waals surface area contributed by atoms with Crippen LogP contribution in [0.5, 0.6) is 11.5 Å². The molecule has 0 bridgehead atoms. The van der Waals surface area contributed by atoms with E-state index in [0.29, 0.717) is 37.8 Å². The first-order valence-electron chi connectivity index (χ1n) is 11.4. The molecule has 1 heterocycles. The number of esters is 1. The van der Waals surface area contributed by atoms with Gasteiger partial charge in [0.05, 0.1) is 25.7 Å². The van der Waals surface area contributed by atoms with Crippen LogP contribution in [0.15, 0.2) is 24.3 Å². The molecule has 1 fully saturated rings. The SMILES string of the molecule is CCOc1ccccc1OCC1CN(C(=O)OCOC(=O)[C@@H](CN)C(C)C)CCO1.O=C(O)C(F)(F)F. The number of carboxylic acid groups (broad SMARTS) is 1. The molecule has 0 radical (unpaired) electrons. The zero-order chi connectivity index (χ0) is 28.0. The molecule has 1 aromatic carbocycles. The summed E-state index contributed by atoms with van der Waals surface area (Å²) < 4.78 is 58.9. The van der Waals surface area contributed by atoms with E-state index < -0.39 is 36.9 Å². The van der Waals surface area contributed by atoms with Crippen molar-refractivity contribution in [1.82, 2.24) is 4.90 Å². The van der Waals surface area contributed by atoms with Crippen LogP contribution >= 0.6 is 0 Å². The molecule has 1 saturated heterocycles. The Labute approximate surface area is 212 Å². The van der Waals surface area contributed by atoms with Crippen LogP contribution in [-0.4, -0.2) is 86.6 Å². The van der Waals surface area contributed by atoms with E-state index in [1.165, 1.54) is 4.90 Å². The minimum absolute atomic E-state index is 0.0473. The number of carbonyl (C=O) groups excluding carboxylic acids is 2. The number of para-hydroxylation sites is 2. The number of hydrogen-bond acceptors (Lipinski definition) is 9. The monoisotopic (exact) mass is 538 g/mol. The van der Waals surface area contributed by atoms with E-state index in [2.05, 4.69) is 0 Å². The third-order valence-electron chi connectivity index (χ3n) is 4.96. The number of aliphatic carboxylic acids is 1. The first-order chi connectivity index (χ1) is 17.4. The molecule has 210 valence electrons. The maximum atomic E-state index is 12.3. The number of halogens is 3. The highest BCUT2D eigenvalue weighted by molar-refractivity contribution is 5.73. The fourth-order valence-corrected chi connectivity index (χ4v) is 2.99. The summed E-state index contributed by atoms with van der Waals surface area (Å²) in [6.45, 7) is 7.25. The number of ether oxygens (including phenoxy) is 5. The average molecular weight is 539 g/mol. The number of morpholine rings is 1. The van der Waals surface area contributed by atoms with E-state index in [9.17, 15) is 22.8 Å². The summed E-state index contributed by atoms with van der Waals surface area (Å²) in [5.74, 6) is -2.33.